The quantitative estimate of drug-likeness (QED) is 0.472. The Bertz CT molecular complexity index is 316. The number of nitriles is 1. The minimum atomic E-state index is 0.671. The molecule has 0 atom stereocenters. The Kier molecular flexibility index (Phi) is 1.86. The summed E-state index contributed by atoms with van der Waals surface area (Å²) in [5.74, 6) is 0. The molecule has 50 valence electrons. The van der Waals surface area contributed by atoms with Gasteiger partial charge in [0.25, 0.3) is 0 Å². The topological polar surface area (TPSA) is 41.1 Å². The molecule has 0 bridgehead atoms. The summed E-state index contributed by atoms with van der Waals surface area (Å²) in [6.07, 6.45) is 3.57. The van der Waals surface area contributed by atoms with Crippen LogP contribution in [0.2, 0.25) is 0 Å². The molecule has 0 saturated heterocycles. The van der Waals surface area contributed by atoms with Crippen LogP contribution in [0.1, 0.15) is 0 Å². The van der Waals surface area contributed by atoms with E-state index in [4.69, 9.17) is 5.26 Å². The first-order valence-electron chi connectivity index (χ1n) is 2.89. The van der Waals surface area contributed by atoms with Gasteiger partial charge in [-0.3, -0.25) is 0 Å². The number of rotatable bonds is 0. The third-order valence-corrected chi connectivity index (χ3v) is 1.19. The summed E-state index contributed by atoms with van der Waals surface area (Å²) in [6.45, 7) is 0. The van der Waals surface area contributed by atoms with E-state index in [0.29, 0.717) is 5.49 Å². The van der Waals surface area contributed by atoms with E-state index < -0.39 is 0 Å². The maximum Gasteiger partial charge on any atom is 0.207 e. The molecule has 1 aromatic heterocycles. The minimum absolute atomic E-state index is 0.671. The molecule has 0 spiro atoms. The van der Waals surface area contributed by atoms with Crippen LogP contribution in [0.15, 0.2) is 29.4 Å². The minimum Gasteiger partial charge on any atom is -0.335 e. The summed E-state index contributed by atoms with van der Waals surface area (Å²) < 4.78 is 1.78. The standard InChI is InChI=1S/C7H7N3/c1-10-5-3-2-4-7(10)9-6-8/h2-5H,1H3. The first-order valence-corrected chi connectivity index (χ1v) is 2.89. The Balaban J connectivity index is 3.32. The van der Waals surface area contributed by atoms with Crippen LogP contribution in [0.3, 0.4) is 0 Å². The molecule has 0 aliphatic rings. The van der Waals surface area contributed by atoms with E-state index in [1.165, 1.54) is 0 Å². The van der Waals surface area contributed by atoms with E-state index >= 15 is 0 Å². The number of aromatic nitrogens is 1. The zero-order valence-corrected chi connectivity index (χ0v) is 5.65. The van der Waals surface area contributed by atoms with Crippen LogP contribution in [-0.4, -0.2) is 4.57 Å². The number of hydrogen-bond acceptors (Lipinski definition) is 2. The van der Waals surface area contributed by atoms with Crippen molar-refractivity contribution >= 4 is 0 Å². The molecule has 0 amide bonds. The van der Waals surface area contributed by atoms with Crippen molar-refractivity contribution in [3.05, 3.63) is 29.9 Å². The largest absolute Gasteiger partial charge is 0.335 e. The third-order valence-electron chi connectivity index (χ3n) is 1.19. The van der Waals surface area contributed by atoms with E-state index in [1.54, 1.807) is 16.8 Å². The van der Waals surface area contributed by atoms with Crippen LogP contribution in [0.25, 0.3) is 0 Å². The van der Waals surface area contributed by atoms with Gasteiger partial charge in [0.05, 0.1) is 0 Å². The number of pyridine rings is 1. The maximum atomic E-state index is 8.21. The number of aryl methyl sites for hydroxylation is 1. The Hall–Kier alpha value is -1.56. The Morgan fingerprint density at radius 3 is 3.00 bits per heavy atom. The first-order chi connectivity index (χ1) is 4.84. The molecule has 1 aromatic rings. The van der Waals surface area contributed by atoms with Gasteiger partial charge >= 0.3 is 0 Å². The van der Waals surface area contributed by atoms with Crippen LogP contribution in [-0.2, 0) is 7.05 Å². The van der Waals surface area contributed by atoms with Gasteiger partial charge in [0.15, 0.2) is 0 Å². The fraction of sp³-hybridized carbons (Fsp3) is 0.143. The van der Waals surface area contributed by atoms with Gasteiger partial charge in [-0.05, 0) is 12.1 Å². The van der Waals surface area contributed by atoms with Gasteiger partial charge in [-0.1, -0.05) is 6.07 Å². The van der Waals surface area contributed by atoms with E-state index in [9.17, 15) is 0 Å². The zero-order valence-electron chi connectivity index (χ0n) is 5.65. The molecule has 0 aliphatic heterocycles. The van der Waals surface area contributed by atoms with Crippen molar-refractivity contribution < 1.29 is 0 Å². The molecule has 1 rings (SSSR count). The highest BCUT2D eigenvalue weighted by molar-refractivity contribution is 4.93. The molecule has 0 saturated carbocycles. The lowest BCUT2D eigenvalue weighted by Gasteiger charge is -1.93. The van der Waals surface area contributed by atoms with Crippen LogP contribution in [0, 0.1) is 11.5 Å². The van der Waals surface area contributed by atoms with E-state index in [2.05, 4.69) is 4.99 Å². The van der Waals surface area contributed by atoms with Gasteiger partial charge in [0.1, 0.15) is 5.49 Å². The second-order valence-electron chi connectivity index (χ2n) is 1.88. The molecule has 0 aliphatic carbocycles. The van der Waals surface area contributed by atoms with E-state index in [1.807, 2.05) is 25.4 Å². The van der Waals surface area contributed by atoms with Crippen LogP contribution in [0.5, 0.6) is 0 Å². The van der Waals surface area contributed by atoms with Crippen molar-refractivity contribution in [2.24, 2.45) is 12.0 Å². The Morgan fingerprint density at radius 2 is 2.40 bits per heavy atom. The van der Waals surface area contributed by atoms with Gasteiger partial charge in [0, 0.05) is 13.2 Å². The summed E-state index contributed by atoms with van der Waals surface area (Å²) in [7, 11) is 1.84. The lowest BCUT2D eigenvalue weighted by Crippen LogP contribution is -2.14. The first kappa shape index (κ1) is 6.56. The number of nitrogens with zero attached hydrogens (tertiary/aromatic N) is 3. The molecular formula is C7H7N3. The monoisotopic (exact) mass is 133 g/mol. The average molecular weight is 133 g/mol. The molecule has 0 N–H and O–H groups in total. The predicted octanol–water partition coefficient (Wildman–Crippen LogP) is 0.407. The van der Waals surface area contributed by atoms with Crippen molar-refractivity contribution in [3.8, 4) is 6.19 Å². The van der Waals surface area contributed by atoms with Gasteiger partial charge in [-0.15, -0.1) is 0 Å². The summed E-state index contributed by atoms with van der Waals surface area (Å²) >= 11 is 0. The molecular weight excluding hydrogens is 126 g/mol. The van der Waals surface area contributed by atoms with Crippen molar-refractivity contribution in [2.45, 2.75) is 0 Å². The van der Waals surface area contributed by atoms with Crippen molar-refractivity contribution in [3.63, 3.8) is 0 Å². The average Bonchev–Trinajstić information content (AvgIpc) is 1.94. The summed E-state index contributed by atoms with van der Waals surface area (Å²) in [5.41, 5.74) is 0.671. The Labute approximate surface area is 58.9 Å². The SMILES string of the molecule is Cn1ccccc1=NC#N. The van der Waals surface area contributed by atoms with Crippen LogP contribution in [0.4, 0.5) is 0 Å². The molecule has 1 heterocycles. The highest BCUT2D eigenvalue weighted by atomic mass is 15.0. The van der Waals surface area contributed by atoms with Gasteiger partial charge in [0.2, 0.25) is 6.19 Å². The summed E-state index contributed by atoms with van der Waals surface area (Å²) in [6, 6.07) is 5.51. The second kappa shape index (κ2) is 2.83. The fourth-order valence-corrected chi connectivity index (χ4v) is 0.682. The normalized spacial score (nSPS) is 11.0. The highest BCUT2D eigenvalue weighted by Crippen LogP contribution is 1.75. The molecule has 3 heteroatoms. The van der Waals surface area contributed by atoms with Gasteiger partial charge in [-0.2, -0.15) is 10.3 Å². The third kappa shape index (κ3) is 1.23. The fourth-order valence-electron chi connectivity index (χ4n) is 0.682. The van der Waals surface area contributed by atoms with Crippen LogP contribution < -0.4 is 5.49 Å². The molecule has 0 aromatic carbocycles. The smallest absolute Gasteiger partial charge is 0.207 e. The van der Waals surface area contributed by atoms with Crippen molar-refractivity contribution in [2.75, 3.05) is 0 Å². The van der Waals surface area contributed by atoms with Crippen molar-refractivity contribution in [1.82, 2.24) is 4.57 Å². The van der Waals surface area contributed by atoms with E-state index in [0.717, 1.165) is 0 Å². The molecule has 0 unspecified atom stereocenters. The summed E-state index contributed by atoms with van der Waals surface area (Å²) in [4.78, 5) is 3.57. The van der Waals surface area contributed by atoms with Crippen LogP contribution >= 0.6 is 0 Å². The van der Waals surface area contributed by atoms with E-state index in [-0.39, 0.29) is 0 Å². The lowest BCUT2D eigenvalue weighted by atomic mass is 10.5. The number of hydrogen-bond donors (Lipinski definition) is 0. The zero-order chi connectivity index (χ0) is 7.40. The van der Waals surface area contributed by atoms with Crippen molar-refractivity contribution in [1.29, 1.82) is 5.26 Å². The maximum absolute atomic E-state index is 8.21. The molecule has 10 heavy (non-hydrogen) atoms. The Morgan fingerprint density at radius 1 is 1.60 bits per heavy atom. The highest BCUT2D eigenvalue weighted by Gasteiger charge is 1.80. The second-order valence-corrected chi connectivity index (χ2v) is 1.88. The summed E-state index contributed by atoms with van der Waals surface area (Å²) in [5, 5.41) is 8.21. The molecule has 3 nitrogen and oxygen atoms in total. The van der Waals surface area contributed by atoms with Gasteiger partial charge < -0.3 is 4.57 Å². The predicted molar refractivity (Wildman–Crippen MR) is 36.6 cm³/mol. The molecule has 0 radical (unpaired) electrons. The van der Waals surface area contributed by atoms with Gasteiger partial charge in [-0.25, -0.2) is 0 Å². The molecule has 0 fully saturated rings. The lowest BCUT2D eigenvalue weighted by molar-refractivity contribution is 0.835.